The Morgan fingerprint density at radius 3 is 1.31 bits per heavy atom. The summed E-state index contributed by atoms with van der Waals surface area (Å²) in [6.07, 6.45) is 1.63. The fourth-order valence-electron chi connectivity index (χ4n) is 12.0. The maximum Gasteiger partial charge on any atom is 0.170 e. The van der Waals surface area contributed by atoms with Gasteiger partial charge in [0, 0.05) is 106 Å². The number of anilines is 2. The van der Waals surface area contributed by atoms with Crippen molar-refractivity contribution in [2.24, 2.45) is 0 Å². The van der Waals surface area contributed by atoms with Gasteiger partial charge in [-0.05, 0) is 141 Å². The van der Waals surface area contributed by atoms with E-state index in [-0.39, 0.29) is 48.3 Å². The first-order valence-corrected chi connectivity index (χ1v) is 31.3. The Labute approximate surface area is 527 Å². The van der Waals surface area contributed by atoms with E-state index in [4.69, 9.17) is 18.7 Å². The zero-order valence-electron chi connectivity index (χ0n) is 51.0. The summed E-state index contributed by atoms with van der Waals surface area (Å²) < 4.78 is 64.3. The number of halogens is 3. The minimum atomic E-state index is -0.317. The Bertz CT molecular complexity index is 3720. The van der Waals surface area contributed by atoms with Gasteiger partial charge in [0.2, 0.25) is 0 Å². The molecule has 0 saturated carbocycles. The predicted octanol–water partition coefficient (Wildman–Crippen LogP) is 15.3. The second kappa shape index (κ2) is 31.5. The molecular formula is C76H79F3N6O5. The van der Waals surface area contributed by atoms with Crippen LogP contribution in [0.2, 0.25) is 0 Å². The van der Waals surface area contributed by atoms with Crippen molar-refractivity contribution in [3.8, 4) is 17.2 Å². The van der Waals surface area contributed by atoms with Gasteiger partial charge in [-0.1, -0.05) is 150 Å². The number of fused-ring (bicyclic) bond motifs is 1. The number of rotatable bonds is 19. The summed E-state index contributed by atoms with van der Waals surface area (Å²) in [7, 11) is 0. The molecule has 3 aliphatic rings. The summed E-state index contributed by atoms with van der Waals surface area (Å²) in [6.45, 7) is 14.2. The van der Waals surface area contributed by atoms with E-state index in [0.717, 1.165) is 137 Å². The summed E-state index contributed by atoms with van der Waals surface area (Å²) in [5, 5.41) is 14.8. The predicted molar refractivity (Wildman–Crippen MR) is 352 cm³/mol. The van der Waals surface area contributed by atoms with Crippen LogP contribution in [0.1, 0.15) is 70.6 Å². The molecule has 14 heteroatoms. The molecule has 3 aliphatic heterocycles. The number of likely N-dealkylation sites (tertiary alicyclic amines) is 1. The molecule has 9 aromatic carbocycles. The Kier molecular flexibility index (Phi) is 21.9. The van der Waals surface area contributed by atoms with Crippen LogP contribution in [0.15, 0.2) is 241 Å². The van der Waals surface area contributed by atoms with Gasteiger partial charge in [0.15, 0.2) is 5.58 Å². The van der Waals surface area contributed by atoms with Crippen LogP contribution >= 0.6 is 0 Å². The minimum absolute atomic E-state index is 0.00909. The highest BCUT2D eigenvalue weighted by molar-refractivity contribution is 5.80. The normalized spacial score (nSPS) is 16.0. The van der Waals surface area contributed by atoms with Crippen molar-refractivity contribution < 1.29 is 37.0 Å². The van der Waals surface area contributed by atoms with Crippen LogP contribution in [0.25, 0.3) is 11.0 Å². The van der Waals surface area contributed by atoms with E-state index < -0.39 is 0 Å². The number of ether oxygens (including phenoxy) is 3. The summed E-state index contributed by atoms with van der Waals surface area (Å²) >= 11 is 0. The Hall–Kier alpha value is -8.92. The lowest BCUT2D eigenvalue weighted by Crippen LogP contribution is -2.48. The van der Waals surface area contributed by atoms with Crippen LogP contribution in [0, 0.1) is 24.4 Å². The van der Waals surface area contributed by atoms with Gasteiger partial charge in [-0.25, -0.2) is 13.2 Å². The highest BCUT2D eigenvalue weighted by Gasteiger charge is 2.29. The molecule has 464 valence electrons. The molecule has 90 heavy (non-hydrogen) atoms. The Morgan fingerprint density at radius 2 is 0.844 bits per heavy atom. The fraction of sp³-hybridized carbons (Fsp3) is 0.276. The Morgan fingerprint density at radius 1 is 0.444 bits per heavy atom. The molecule has 3 saturated heterocycles. The molecule has 0 amide bonds. The lowest BCUT2D eigenvalue weighted by Gasteiger charge is -2.38. The third-order valence-electron chi connectivity index (χ3n) is 17.1. The molecule has 1 aromatic heterocycles. The monoisotopic (exact) mass is 1210 g/mol. The first kappa shape index (κ1) is 62.7. The molecule has 3 atom stereocenters. The van der Waals surface area contributed by atoms with Crippen LogP contribution in [0.3, 0.4) is 0 Å². The van der Waals surface area contributed by atoms with Crippen LogP contribution in [0.5, 0.6) is 17.2 Å². The highest BCUT2D eigenvalue weighted by atomic mass is 19.1. The number of nitrogens with zero attached hydrogens (tertiary/aromatic N) is 6. The molecule has 1 N–H and O–H groups in total. The number of para-hydroxylation sites is 2. The third-order valence-corrected chi connectivity index (χ3v) is 17.1. The maximum atomic E-state index is 13.5. The summed E-state index contributed by atoms with van der Waals surface area (Å²) in [5.74, 6) is 1.69. The zero-order chi connectivity index (χ0) is 61.9. The van der Waals surface area contributed by atoms with Crippen molar-refractivity contribution in [1.29, 1.82) is 0 Å². The van der Waals surface area contributed by atoms with Crippen molar-refractivity contribution in [3.63, 3.8) is 0 Å². The van der Waals surface area contributed by atoms with E-state index in [2.05, 4.69) is 146 Å². The molecule has 0 bridgehead atoms. The van der Waals surface area contributed by atoms with Crippen molar-refractivity contribution in [3.05, 3.63) is 288 Å². The SMILES string of the molecule is Cc1ccc(OC(CN2CCN(c3ccccc3CO)CC2)c2ccccc2)cc1.Fc1ccc(OC(CN2CCC(c3noc4cc(F)ccc34)CC2)c2ccccc2)cc1.Fc1ccc(OC(CN2CCN(c3ccccc3)CC2)c2ccccc2)cc1. The second-order valence-electron chi connectivity index (χ2n) is 23.3. The maximum absolute atomic E-state index is 13.5. The lowest BCUT2D eigenvalue weighted by molar-refractivity contribution is 0.113. The average Bonchev–Trinajstić information content (AvgIpc) is 2.59. The standard InChI is InChI=1S/C26H24F2N2O2.C26H30N2O2.C24H25FN2O/c27-20-6-9-22(10-7-20)31-25(18-4-2-1-3-5-18)17-30-14-12-19(13-15-30)26-23-11-8-21(28)16-24(23)32-29-26;1-21-11-13-24(14-12-21)30-26(22-7-3-2-4-8-22)19-27-15-17-28(18-16-27)25-10-6-5-9-23(25)20-29;25-21-11-13-23(14-12-21)28-24(20-7-3-1-4-8-20)19-26-15-17-27(18-16-26)22-9-5-2-6-10-22/h1-11,16,19,25H,12-15,17H2;2-14,26,29H,15-20H2,1H3;1-14,24H,15-19H2. The largest absolute Gasteiger partial charge is 0.484 e. The number of hydrogen-bond acceptors (Lipinski definition) is 11. The number of aryl methyl sites for hydroxylation is 1. The summed E-state index contributed by atoms with van der Waals surface area (Å²) in [5.41, 5.74) is 9.50. The fourth-order valence-corrected chi connectivity index (χ4v) is 12.0. The number of aliphatic hydroxyl groups is 1. The summed E-state index contributed by atoms with van der Waals surface area (Å²) in [4.78, 5) is 12.1. The molecular weight excluding hydrogens is 1130 g/mol. The van der Waals surface area contributed by atoms with Gasteiger partial charge in [-0.2, -0.15) is 0 Å². The topological polar surface area (TPSA) is 90.1 Å². The van der Waals surface area contributed by atoms with Crippen molar-refractivity contribution in [2.45, 2.75) is 50.6 Å². The van der Waals surface area contributed by atoms with Crippen molar-refractivity contribution in [2.75, 3.05) is 94.9 Å². The molecule has 3 fully saturated rings. The van der Waals surface area contributed by atoms with E-state index in [1.54, 1.807) is 30.3 Å². The average molecular weight is 1210 g/mol. The van der Waals surface area contributed by atoms with Crippen molar-refractivity contribution in [1.82, 2.24) is 19.9 Å². The van der Waals surface area contributed by atoms with E-state index >= 15 is 0 Å². The second-order valence-corrected chi connectivity index (χ2v) is 23.3. The smallest absolute Gasteiger partial charge is 0.170 e. The molecule has 13 rings (SSSR count). The van der Waals surface area contributed by atoms with Gasteiger partial charge in [0.1, 0.15) is 53.0 Å². The number of piperazine rings is 2. The number of hydrogen-bond donors (Lipinski definition) is 1. The molecule has 10 aromatic rings. The zero-order valence-corrected chi connectivity index (χ0v) is 51.0. The van der Waals surface area contributed by atoms with E-state index in [1.807, 2.05) is 60.7 Å². The third kappa shape index (κ3) is 17.5. The number of benzene rings is 9. The molecule has 0 spiro atoms. The number of piperidine rings is 1. The van der Waals surface area contributed by atoms with Gasteiger partial charge < -0.3 is 33.6 Å². The quantitative estimate of drug-likeness (QED) is 0.0839. The summed E-state index contributed by atoms with van der Waals surface area (Å²) in [6, 6.07) is 74.8. The van der Waals surface area contributed by atoms with Crippen LogP contribution in [-0.4, -0.2) is 110 Å². The van der Waals surface area contributed by atoms with Crippen molar-refractivity contribution >= 4 is 22.3 Å². The van der Waals surface area contributed by atoms with Gasteiger partial charge in [-0.15, -0.1) is 0 Å². The van der Waals surface area contributed by atoms with Gasteiger partial charge in [-0.3, -0.25) is 14.7 Å². The number of aliphatic hydroxyl groups excluding tert-OH is 1. The van der Waals surface area contributed by atoms with E-state index in [9.17, 15) is 18.3 Å². The Balaban J connectivity index is 0.000000139. The first-order chi connectivity index (χ1) is 44.2. The molecule has 0 aliphatic carbocycles. The molecule has 4 heterocycles. The van der Waals surface area contributed by atoms with Crippen LogP contribution in [-0.2, 0) is 6.61 Å². The van der Waals surface area contributed by atoms with Gasteiger partial charge in [0.25, 0.3) is 0 Å². The van der Waals surface area contributed by atoms with E-state index in [1.165, 1.54) is 53.2 Å². The first-order valence-electron chi connectivity index (χ1n) is 31.3. The van der Waals surface area contributed by atoms with E-state index in [0.29, 0.717) is 17.1 Å². The molecule has 3 unspecified atom stereocenters. The highest BCUT2D eigenvalue weighted by Crippen LogP contribution is 2.35. The van der Waals surface area contributed by atoms with Gasteiger partial charge >= 0.3 is 0 Å². The van der Waals surface area contributed by atoms with Crippen LogP contribution < -0.4 is 24.0 Å². The molecule has 0 radical (unpaired) electrons. The number of aromatic nitrogens is 1. The lowest BCUT2D eigenvalue weighted by atomic mass is 9.91. The minimum Gasteiger partial charge on any atom is -0.484 e. The van der Waals surface area contributed by atoms with Gasteiger partial charge in [0.05, 0.1) is 12.3 Å². The molecule has 11 nitrogen and oxygen atoms in total. The van der Waals surface area contributed by atoms with Crippen LogP contribution in [0.4, 0.5) is 24.5 Å².